The summed E-state index contributed by atoms with van der Waals surface area (Å²) in [5.41, 5.74) is 4.68. The number of H-pyrrole nitrogens is 1. The van der Waals surface area contributed by atoms with E-state index in [1.807, 2.05) is 44.2 Å². The van der Waals surface area contributed by atoms with Crippen LogP contribution in [-0.4, -0.2) is 55.5 Å². The van der Waals surface area contributed by atoms with Gasteiger partial charge in [-0.25, -0.2) is 4.68 Å². The van der Waals surface area contributed by atoms with E-state index in [0.717, 1.165) is 33.3 Å². The fourth-order valence-electron chi connectivity index (χ4n) is 4.16. The number of pyridine rings is 1. The van der Waals surface area contributed by atoms with E-state index < -0.39 is 0 Å². The lowest BCUT2D eigenvalue weighted by Gasteiger charge is -2.21. The summed E-state index contributed by atoms with van der Waals surface area (Å²) in [6.45, 7) is 6.13. The molecule has 0 aliphatic carbocycles. The van der Waals surface area contributed by atoms with Crippen LogP contribution in [0.15, 0.2) is 47.3 Å². The van der Waals surface area contributed by atoms with E-state index in [2.05, 4.69) is 37.5 Å². The SMILES string of the molecule is COc1ccc(Cn2nnnc2CN(CCCO)Cc2cc3cc(C)cc(C)c3[nH]c2=O)cc1. The van der Waals surface area contributed by atoms with Crippen LogP contribution in [0.3, 0.4) is 0 Å². The second kappa shape index (κ2) is 10.6. The third-order valence-electron chi connectivity index (χ3n) is 5.86. The number of fused-ring (bicyclic) bond motifs is 1. The molecule has 2 aromatic heterocycles. The molecule has 2 heterocycles. The number of hydrogen-bond acceptors (Lipinski definition) is 7. The quantitative estimate of drug-likeness (QED) is 0.373. The molecule has 2 aromatic carbocycles. The number of aromatic amines is 1. The number of ether oxygens (including phenoxy) is 1. The van der Waals surface area contributed by atoms with E-state index in [1.165, 1.54) is 0 Å². The van der Waals surface area contributed by atoms with Gasteiger partial charge in [-0.2, -0.15) is 0 Å². The molecular formula is C25H30N6O3. The molecule has 0 unspecified atom stereocenters. The monoisotopic (exact) mass is 462 g/mol. The van der Waals surface area contributed by atoms with Crippen LogP contribution in [0.25, 0.3) is 10.9 Å². The van der Waals surface area contributed by atoms with Gasteiger partial charge in [0.15, 0.2) is 5.82 Å². The van der Waals surface area contributed by atoms with E-state index in [4.69, 9.17) is 4.74 Å². The molecule has 0 saturated carbocycles. The maximum atomic E-state index is 12.9. The number of nitrogens with one attached hydrogen (secondary N) is 1. The van der Waals surface area contributed by atoms with Crippen molar-refractivity contribution in [3.05, 3.63) is 80.9 Å². The minimum atomic E-state index is -0.105. The highest BCUT2D eigenvalue weighted by Crippen LogP contribution is 2.19. The lowest BCUT2D eigenvalue weighted by atomic mass is 10.1. The highest BCUT2D eigenvalue weighted by molar-refractivity contribution is 5.82. The molecule has 0 radical (unpaired) electrons. The Morgan fingerprint density at radius 3 is 2.65 bits per heavy atom. The Balaban J connectivity index is 1.56. The van der Waals surface area contributed by atoms with Crippen molar-refractivity contribution in [2.45, 2.75) is 39.9 Å². The fraction of sp³-hybridized carbons (Fsp3) is 0.360. The molecule has 0 amide bonds. The standard InChI is InChI=1S/C25H30N6O3/c1-17-11-18(2)24-20(12-17)13-21(25(33)26-24)15-30(9-4-10-32)16-23-27-28-29-31(23)14-19-5-7-22(34-3)8-6-19/h5-8,11-13,32H,4,9-10,14-16H2,1-3H3,(H,26,33). The van der Waals surface area contributed by atoms with Crippen molar-refractivity contribution in [3.63, 3.8) is 0 Å². The molecular weight excluding hydrogens is 432 g/mol. The van der Waals surface area contributed by atoms with Gasteiger partial charge in [0.25, 0.3) is 5.56 Å². The Morgan fingerprint density at radius 2 is 1.91 bits per heavy atom. The van der Waals surface area contributed by atoms with Crippen molar-refractivity contribution < 1.29 is 9.84 Å². The van der Waals surface area contributed by atoms with Crippen LogP contribution in [0.2, 0.25) is 0 Å². The number of tetrazole rings is 1. The van der Waals surface area contributed by atoms with E-state index in [-0.39, 0.29) is 12.2 Å². The molecule has 0 saturated heterocycles. The summed E-state index contributed by atoms with van der Waals surface area (Å²) in [6, 6.07) is 13.9. The van der Waals surface area contributed by atoms with Crippen LogP contribution in [0.1, 0.15) is 34.5 Å². The number of aryl methyl sites for hydroxylation is 2. The van der Waals surface area contributed by atoms with Gasteiger partial charge >= 0.3 is 0 Å². The summed E-state index contributed by atoms with van der Waals surface area (Å²) in [7, 11) is 1.64. The Kier molecular flexibility index (Phi) is 7.34. The number of benzene rings is 2. The van der Waals surface area contributed by atoms with E-state index in [9.17, 15) is 9.90 Å². The van der Waals surface area contributed by atoms with Gasteiger partial charge in [0.1, 0.15) is 5.75 Å². The second-order valence-electron chi connectivity index (χ2n) is 8.56. The van der Waals surface area contributed by atoms with Gasteiger partial charge in [-0.3, -0.25) is 9.69 Å². The second-order valence-corrected chi connectivity index (χ2v) is 8.56. The van der Waals surface area contributed by atoms with Gasteiger partial charge in [0.05, 0.1) is 25.7 Å². The molecule has 178 valence electrons. The summed E-state index contributed by atoms with van der Waals surface area (Å²) in [5, 5.41) is 22.7. The van der Waals surface area contributed by atoms with E-state index in [1.54, 1.807) is 11.8 Å². The number of aromatic nitrogens is 5. The third-order valence-corrected chi connectivity index (χ3v) is 5.86. The summed E-state index contributed by atoms with van der Waals surface area (Å²) in [5.74, 6) is 1.49. The highest BCUT2D eigenvalue weighted by Gasteiger charge is 2.16. The first-order valence-electron chi connectivity index (χ1n) is 11.3. The van der Waals surface area contributed by atoms with Crippen molar-refractivity contribution in [3.8, 4) is 5.75 Å². The van der Waals surface area contributed by atoms with Crippen molar-refractivity contribution in [2.75, 3.05) is 20.3 Å². The van der Waals surface area contributed by atoms with Gasteiger partial charge < -0.3 is 14.8 Å². The molecule has 2 N–H and O–H groups in total. The smallest absolute Gasteiger partial charge is 0.252 e. The Bertz CT molecular complexity index is 1310. The van der Waals surface area contributed by atoms with Crippen molar-refractivity contribution in [1.29, 1.82) is 0 Å². The lowest BCUT2D eigenvalue weighted by molar-refractivity contribution is 0.206. The van der Waals surface area contributed by atoms with Crippen LogP contribution in [0, 0.1) is 13.8 Å². The van der Waals surface area contributed by atoms with Crippen molar-refractivity contribution >= 4 is 10.9 Å². The maximum absolute atomic E-state index is 12.9. The van der Waals surface area contributed by atoms with Crippen LogP contribution >= 0.6 is 0 Å². The first-order valence-corrected chi connectivity index (χ1v) is 11.3. The Morgan fingerprint density at radius 1 is 1.12 bits per heavy atom. The van der Waals surface area contributed by atoms with Gasteiger partial charge in [-0.15, -0.1) is 5.10 Å². The summed E-state index contributed by atoms with van der Waals surface area (Å²) < 4.78 is 6.98. The van der Waals surface area contributed by atoms with Gasteiger partial charge in [0, 0.05) is 25.3 Å². The molecule has 0 aliphatic rings. The number of aliphatic hydroxyl groups is 1. The number of methoxy groups -OCH3 is 1. The number of hydrogen-bond donors (Lipinski definition) is 2. The molecule has 34 heavy (non-hydrogen) atoms. The first kappa shape index (κ1) is 23.6. The fourth-order valence-corrected chi connectivity index (χ4v) is 4.16. The largest absolute Gasteiger partial charge is 0.497 e. The average molecular weight is 463 g/mol. The van der Waals surface area contributed by atoms with Crippen molar-refractivity contribution in [1.82, 2.24) is 30.1 Å². The molecule has 9 nitrogen and oxygen atoms in total. The predicted molar refractivity (Wildman–Crippen MR) is 130 cm³/mol. The highest BCUT2D eigenvalue weighted by atomic mass is 16.5. The number of aliphatic hydroxyl groups excluding tert-OH is 1. The van der Waals surface area contributed by atoms with Gasteiger partial charge in [0.2, 0.25) is 0 Å². The molecule has 0 aliphatic heterocycles. The van der Waals surface area contributed by atoms with Crippen molar-refractivity contribution in [2.24, 2.45) is 0 Å². The number of nitrogens with zero attached hydrogens (tertiary/aromatic N) is 5. The minimum Gasteiger partial charge on any atom is -0.497 e. The molecule has 4 rings (SSSR count). The molecule has 0 spiro atoms. The maximum Gasteiger partial charge on any atom is 0.252 e. The third kappa shape index (κ3) is 5.49. The molecule has 0 atom stereocenters. The summed E-state index contributed by atoms with van der Waals surface area (Å²) in [6.07, 6.45) is 0.587. The van der Waals surface area contributed by atoms with E-state index in [0.29, 0.717) is 44.0 Å². The molecule has 4 aromatic rings. The number of rotatable bonds is 10. The summed E-state index contributed by atoms with van der Waals surface area (Å²) in [4.78, 5) is 18.0. The average Bonchev–Trinajstić information content (AvgIpc) is 3.25. The first-order chi connectivity index (χ1) is 16.5. The van der Waals surface area contributed by atoms with Crippen LogP contribution in [0.5, 0.6) is 5.75 Å². The van der Waals surface area contributed by atoms with E-state index >= 15 is 0 Å². The topological polar surface area (TPSA) is 109 Å². The Hall–Kier alpha value is -3.56. The van der Waals surface area contributed by atoms with Gasteiger partial charge in [-0.1, -0.05) is 23.8 Å². The zero-order valence-corrected chi connectivity index (χ0v) is 19.8. The molecule has 0 bridgehead atoms. The zero-order chi connectivity index (χ0) is 24.1. The lowest BCUT2D eigenvalue weighted by Crippen LogP contribution is -2.29. The molecule has 9 heteroatoms. The zero-order valence-electron chi connectivity index (χ0n) is 19.8. The Labute approximate surface area is 198 Å². The minimum absolute atomic E-state index is 0.0692. The van der Waals surface area contributed by atoms with Crippen LogP contribution < -0.4 is 10.3 Å². The molecule has 0 fully saturated rings. The summed E-state index contributed by atoms with van der Waals surface area (Å²) >= 11 is 0. The van der Waals surface area contributed by atoms with Crippen LogP contribution in [-0.2, 0) is 19.6 Å². The predicted octanol–water partition coefficient (Wildman–Crippen LogP) is 2.57. The normalized spacial score (nSPS) is 11.4. The van der Waals surface area contributed by atoms with Crippen LogP contribution in [0.4, 0.5) is 0 Å². The van der Waals surface area contributed by atoms with Gasteiger partial charge in [-0.05, 0) is 71.5 Å².